The predicted octanol–water partition coefficient (Wildman–Crippen LogP) is 2.29. The molecule has 22 heavy (non-hydrogen) atoms. The lowest BCUT2D eigenvalue weighted by Gasteiger charge is -2.33. The second kappa shape index (κ2) is 5.61. The zero-order valence-electron chi connectivity index (χ0n) is 12.5. The summed E-state index contributed by atoms with van der Waals surface area (Å²) in [5, 5.41) is 14.0. The Hall–Kier alpha value is -1.50. The van der Waals surface area contributed by atoms with Crippen LogP contribution in [0.2, 0.25) is 0 Å². The molecule has 0 aromatic carbocycles. The number of rotatable bonds is 4. The number of imide groups is 1. The molecule has 7 heteroatoms. The Morgan fingerprint density at radius 3 is 2.27 bits per heavy atom. The molecule has 118 valence electrons. The molecule has 2 aliphatic carbocycles. The second-order valence-corrected chi connectivity index (χ2v) is 7.54. The maximum atomic E-state index is 11.8. The van der Waals surface area contributed by atoms with E-state index < -0.39 is 0 Å². The average molecular weight is 320 g/mol. The van der Waals surface area contributed by atoms with Gasteiger partial charge in [0.25, 0.3) is 0 Å². The quantitative estimate of drug-likeness (QED) is 0.862. The molecule has 0 unspecified atom stereocenters. The van der Waals surface area contributed by atoms with Crippen LogP contribution in [0.15, 0.2) is 0 Å². The molecule has 1 N–H and O–H groups in total. The van der Waals surface area contributed by atoms with Crippen molar-refractivity contribution in [3.63, 3.8) is 0 Å². The number of likely N-dealkylation sites (tertiary alicyclic amines) is 1. The molecule has 2 heterocycles. The molecule has 1 saturated heterocycles. The van der Waals surface area contributed by atoms with E-state index in [1.165, 1.54) is 17.7 Å². The highest BCUT2D eigenvalue weighted by Crippen LogP contribution is 2.42. The first-order chi connectivity index (χ1) is 10.7. The Balaban J connectivity index is 1.31. The van der Waals surface area contributed by atoms with Gasteiger partial charge in [0.1, 0.15) is 5.01 Å². The highest BCUT2D eigenvalue weighted by atomic mass is 32.1. The van der Waals surface area contributed by atoms with E-state index in [9.17, 15) is 9.59 Å². The van der Waals surface area contributed by atoms with Crippen LogP contribution in [0.5, 0.6) is 0 Å². The molecular weight excluding hydrogens is 300 g/mol. The van der Waals surface area contributed by atoms with Crippen LogP contribution in [0.3, 0.4) is 0 Å². The standard InChI is InChI=1S/C15H20N4O2S/c20-12-7-8-13(21)19(12)11-5-3-10(4-6-11)16-15-18-17-14(22-15)9-1-2-9/h9-11H,1-8H2,(H,16,18). The molecule has 2 amide bonds. The normalized spacial score (nSPS) is 29.2. The number of aromatic nitrogens is 2. The van der Waals surface area contributed by atoms with E-state index >= 15 is 0 Å². The van der Waals surface area contributed by atoms with Crippen molar-refractivity contribution in [1.29, 1.82) is 0 Å². The van der Waals surface area contributed by atoms with Crippen LogP contribution in [-0.4, -0.2) is 39.0 Å². The largest absolute Gasteiger partial charge is 0.357 e. The predicted molar refractivity (Wildman–Crippen MR) is 82.6 cm³/mol. The highest BCUT2D eigenvalue weighted by molar-refractivity contribution is 7.15. The Kier molecular flexibility index (Phi) is 3.60. The molecular formula is C15H20N4O2S. The van der Waals surface area contributed by atoms with Gasteiger partial charge >= 0.3 is 0 Å². The first kappa shape index (κ1) is 14.1. The maximum Gasteiger partial charge on any atom is 0.229 e. The minimum Gasteiger partial charge on any atom is -0.357 e. The van der Waals surface area contributed by atoms with Crippen molar-refractivity contribution in [1.82, 2.24) is 15.1 Å². The molecule has 3 aliphatic rings. The molecule has 4 rings (SSSR count). The third-order valence-electron chi connectivity index (χ3n) is 4.85. The van der Waals surface area contributed by atoms with Gasteiger partial charge < -0.3 is 5.32 Å². The van der Waals surface area contributed by atoms with Crippen LogP contribution in [0.25, 0.3) is 0 Å². The number of carbonyl (C=O) groups excluding carboxylic acids is 2. The lowest BCUT2D eigenvalue weighted by molar-refractivity contribution is -0.141. The van der Waals surface area contributed by atoms with Crippen molar-refractivity contribution in [2.75, 3.05) is 5.32 Å². The summed E-state index contributed by atoms with van der Waals surface area (Å²) in [6, 6.07) is 0.487. The van der Waals surface area contributed by atoms with Gasteiger partial charge in [-0.1, -0.05) is 11.3 Å². The summed E-state index contributed by atoms with van der Waals surface area (Å²) in [5.74, 6) is 0.676. The van der Waals surface area contributed by atoms with Gasteiger partial charge in [-0.15, -0.1) is 10.2 Å². The molecule has 1 aromatic rings. The van der Waals surface area contributed by atoms with Gasteiger partial charge in [-0.2, -0.15) is 0 Å². The van der Waals surface area contributed by atoms with Crippen molar-refractivity contribution >= 4 is 28.3 Å². The van der Waals surface area contributed by atoms with Crippen LogP contribution >= 0.6 is 11.3 Å². The van der Waals surface area contributed by atoms with Crippen LogP contribution in [-0.2, 0) is 9.59 Å². The van der Waals surface area contributed by atoms with Crippen LogP contribution in [0.4, 0.5) is 5.13 Å². The number of carbonyl (C=O) groups is 2. The van der Waals surface area contributed by atoms with E-state index in [1.807, 2.05) is 0 Å². The van der Waals surface area contributed by atoms with Crippen LogP contribution in [0, 0.1) is 0 Å². The highest BCUT2D eigenvalue weighted by Gasteiger charge is 2.37. The minimum absolute atomic E-state index is 0.0135. The number of anilines is 1. The Labute approximate surface area is 133 Å². The molecule has 0 spiro atoms. The number of hydrogen-bond acceptors (Lipinski definition) is 6. The second-order valence-electron chi connectivity index (χ2n) is 6.53. The Morgan fingerprint density at radius 1 is 0.955 bits per heavy atom. The molecule has 6 nitrogen and oxygen atoms in total. The van der Waals surface area contributed by atoms with Gasteiger partial charge in [0, 0.05) is 30.8 Å². The molecule has 0 atom stereocenters. The summed E-state index contributed by atoms with van der Waals surface area (Å²) in [7, 11) is 0. The fourth-order valence-corrected chi connectivity index (χ4v) is 4.43. The van der Waals surface area contributed by atoms with Crippen LogP contribution < -0.4 is 5.32 Å². The number of hydrogen-bond donors (Lipinski definition) is 1. The topological polar surface area (TPSA) is 75.2 Å². The summed E-state index contributed by atoms with van der Waals surface area (Å²) >= 11 is 1.67. The van der Waals surface area contributed by atoms with Crippen molar-refractivity contribution in [3.05, 3.63) is 5.01 Å². The van der Waals surface area contributed by atoms with Gasteiger partial charge in [0.2, 0.25) is 16.9 Å². The fourth-order valence-electron chi connectivity index (χ4n) is 3.44. The lowest BCUT2D eigenvalue weighted by atomic mass is 9.90. The van der Waals surface area contributed by atoms with E-state index in [0.29, 0.717) is 24.8 Å². The van der Waals surface area contributed by atoms with Gasteiger partial charge in [-0.05, 0) is 38.5 Å². The summed E-state index contributed by atoms with van der Waals surface area (Å²) in [6.07, 6.45) is 7.01. The van der Waals surface area contributed by atoms with E-state index in [-0.39, 0.29) is 17.9 Å². The third kappa shape index (κ3) is 2.74. The van der Waals surface area contributed by atoms with Crippen molar-refractivity contribution in [2.45, 2.75) is 69.4 Å². The van der Waals surface area contributed by atoms with Gasteiger partial charge in [-0.3, -0.25) is 14.5 Å². The van der Waals surface area contributed by atoms with Crippen molar-refractivity contribution < 1.29 is 9.59 Å². The van der Waals surface area contributed by atoms with E-state index in [0.717, 1.165) is 35.8 Å². The van der Waals surface area contributed by atoms with Crippen LogP contribution in [0.1, 0.15) is 62.3 Å². The molecule has 0 radical (unpaired) electrons. The van der Waals surface area contributed by atoms with E-state index in [1.54, 1.807) is 11.3 Å². The molecule has 1 aliphatic heterocycles. The number of amides is 2. The number of nitrogens with zero attached hydrogens (tertiary/aromatic N) is 3. The summed E-state index contributed by atoms with van der Waals surface area (Å²) < 4.78 is 0. The number of nitrogens with one attached hydrogen (secondary N) is 1. The third-order valence-corrected chi connectivity index (χ3v) is 5.86. The molecule has 1 aromatic heterocycles. The minimum atomic E-state index is 0.0135. The van der Waals surface area contributed by atoms with Gasteiger partial charge in [0.15, 0.2) is 0 Å². The first-order valence-electron chi connectivity index (χ1n) is 8.15. The fraction of sp³-hybridized carbons (Fsp3) is 0.733. The van der Waals surface area contributed by atoms with Gasteiger partial charge in [0.05, 0.1) is 0 Å². The summed E-state index contributed by atoms with van der Waals surface area (Å²) in [5.41, 5.74) is 0. The van der Waals surface area contributed by atoms with Gasteiger partial charge in [-0.25, -0.2) is 0 Å². The summed E-state index contributed by atoms with van der Waals surface area (Å²) in [6.45, 7) is 0. The van der Waals surface area contributed by atoms with Crippen molar-refractivity contribution in [2.24, 2.45) is 0 Å². The maximum absolute atomic E-state index is 11.8. The van der Waals surface area contributed by atoms with Crippen molar-refractivity contribution in [3.8, 4) is 0 Å². The SMILES string of the molecule is O=C1CCC(=O)N1C1CCC(Nc2nnc(C3CC3)s2)CC1. The summed E-state index contributed by atoms with van der Waals surface area (Å²) in [4.78, 5) is 25.1. The lowest BCUT2D eigenvalue weighted by Crippen LogP contribution is -2.43. The monoisotopic (exact) mass is 320 g/mol. The zero-order valence-corrected chi connectivity index (χ0v) is 13.3. The first-order valence-corrected chi connectivity index (χ1v) is 8.97. The molecule has 0 bridgehead atoms. The Morgan fingerprint density at radius 2 is 1.64 bits per heavy atom. The van der Waals surface area contributed by atoms with E-state index in [2.05, 4.69) is 15.5 Å². The smallest absolute Gasteiger partial charge is 0.229 e. The zero-order chi connectivity index (χ0) is 15.1. The van der Waals surface area contributed by atoms with E-state index in [4.69, 9.17) is 0 Å². The Bertz CT molecular complexity index is 574. The average Bonchev–Trinajstić information content (AvgIpc) is 3.18. The molecule has 2 saturated carbocycles. The molecule has 3 fully saturated rings.